The highest BCUT2D eigenvalue weighted by Crippen LogP contribution is 2.29. The van der Waals surface area contributed by atoms with Gasteiger partial charge in [-0.05, 0) is 92.6 Å². The minimum absolute atomic E-state index is 0.0949. The van der Waals surface area contributed by atoms with Crippen molar-refractivity contribution in [1.29, 1.82) is 0 Å². The van der Waals surface area contributed by atoms with Gasteiger partial charge < -0.3 is 24.7 Å². The first-order chi connectivity index (χ1) is 36.5. The molecule has 4 fully saturated rings. The number of fused-ring (bicyclic) bond motifs is 2. The van der Waals surface area contributed by atoms with E-state index in [0.29, 0.717) is 82.2 Å². The van der Waals surface area contributed by atoms with Gasteiger partial charge in [0.05, 0.1) is 29.9 Å². The highest BCUT2D eigenvalue weighted by Gasteiger charge is 2.31. The average molecular weight is 1030 g/mol. The van der Waals surface area contributed by atoms with E-state index in [4.69, 9.17) is 9.90 Å². The lowest BCUT2D eigenvalue weighted by atomic mass is 9.89. The van der Waals surface area contributed by atoms with Crippen LogP contribution in [0, 0.1) is 18.7 Å². The van der Waals surface area contributed by atoms with Crippen LogP contribution < -0.4 is 5.56 Å². The average Bonchev–Trinajstić information content (AvgIpc) is 3.87. The van der Waals surface area contributed by atoms with Crippen molar-refractivity contribution in [3.05, 3.63) is 135 Å². The first kappa shape index (κ1) is 55.8. The lowest BCUT2D eigenvalue weighted by Crippen LogP contribution is -2.52. The second kappa shape index (κ2) is 27.5. The molecule has 4 amide bonds. The minimum Gasteiger partial charge on any atom is -0.483 e. The van der Waals surface area contributed by atoms with E-state index in [2.05, 4.69) is 47.0 Å². The molecule has 0 bridgehead atoms. The summed E-state index contributed by atoms with van der Waals surface area (Å²) >= 11 is 0. The molecular formula is C56H72FN11O7. The quantitative estimate of drug-likeness (QED) is 0.174. The summed E-state index contributed by atoms with van der Waals surface area (Å²) in [5.41, 5.74) is 6.16. The number of rotatable bonds is 11. The molecule has 5 aliphatic heterocycles. The summed E-state index contributed by atoms with van der Waals surface area (Å²) in [6, 6.07) is 20.5. The molecular weight excluding hydrogens is 958 g/mol. The number of nitrogens with zero attached hydrogens (tertiary/aromatic N) is 10. The van der Waals surface area contributed by atoms with Crippen molar-refractivity contribution < 1.29 is 33.5 Å². The zero-order valence-corrected chi connectivity index (χ0v) is 43.6. The van der Waals surface area contributed by atoms with Crippen LogP contribution >= 0.6 is 0 Å². The van der Waals surface area contributed by atoms with Gasteiger partial charge in [0, 0.05) is 120 Å². The van der Waals surface area contributed by atoms with Gasteiger partial charge >= 0.3 is 0 Å². The number of likely N-dealkylation sites (tertiary alicyclic amines) is 2. The molecule has 0 radical (unpaired) electrons. The van der Waals surface area contributed by atoms with Gasteiger partial charge in [0.25, 0.3) is 17.9 Å². The lowest BCUT2D eigenvalue weighted by Gasteiger charge is -2.39. The number of aryl methyl sites for hydroxylation is 1. The van der Waals surface area contributed by atoms with Gasteiger partial charge in [-0.25, -0.2) is 19.5 Å². The fourth-order valence-electron chi connectivity index (χ4n) is 10.7. The second-order valence-corrected chi connectivity index (χ2v) is 19.7. The number of piperidine rings is 2. The molecule has 4 saturated heterocycles. The van der Waals surface area contributed by atoms with Gasteiger partial charge in [-0.2, -0.15) is 5.10 Å². The van der Waals surface area contributed by atoms with Crippen LogP contribution in [0.2, 0.25) is 0 Å². The van der Waals surface area contributed by atoms with E-state index in [1.165, 1.54) is 6.07 Å². The number of amides is 4. The second-order valence-electron chi connectivity index (χ2n) is 19.7. The van der Waals surface area contributed by atoms with E-state index in [0.717, 1.165) is 123 Å². The maximum Gasteiger partial charge on any atom is 0.290 e. The molecule has 5 aliphatic rings. The van der Waals surface area contributed by atoms with Gasteiger partial charge in [-0.15, -0.1) is 0 Å². The van der Waals surface area contributed by atoms with E-state index >= 15 is 0 Å². The maximum absolute atomic E-state index is 13.6. The maximum atomic E-state index is 13.6. The molecule has 0 aliphatic carbocycles. The zero-order valence-electron chi connectivity index (χ0n) is 43.6. The van der Waals surface area contributed by atoms with Crippen molar-refractivity contribution in [2.75, 3.05) is 98.2 Å². The van der Waals surface area contributed by atoms with Gasteiger partial charge in [-0.1, -0.05) is 56.3 Å². The summed E-state index contributed by atoms with van der Waals surface area (Å²) in [7, 11) is 0. The number of H-pyrrole nitrogens is 1. The highest BCUT2D eigenvalue weighted by atomic mass is 19.1. The number of nitrogens with one attached hydrogen (secondary N) is 1. The number of halogens is 1. The van der Waals surface area contributed by atoms with E-state index in [9.17, 15) is 28.4 Å². The fraction of sp³-hybridized carbons (Fsp3) is 0.482. The normalized spacial score (nSPS) is 18.4. The van der Waals surface area contributed by atoms with Crippen LogP contribution in [-0.4, -0.2) is 188 Å². The Bertz CT molecular complexity index is 2750. The molecule has 18 nitrogen and oxygen atoms in total. The Morgan fingerprint density at radius 1 is 0.760 bits per heavy atom. The monoisotopic (exact) mass is 1030 g/mol. The molecule has 75 heavy (non-hydrogen) atoms. The molecule has 1 atom stereocenters. The summed E-state index contributed by atoms with van der Waals surface area (Å²) in [5, 5.41) is 15.0. The van der Waals surface area contributed by atoms with Crippen molar-refractivity contribution in [2.45, 2.75) is 71.9 Å². The number of piperazine rings is 2. The summed E-state index contributed by atoms with van der Waals surface area (Å²) in [5.74, 6) is 1.04. The van der Waals surface area contributed by atoms with Crippen LogP contribution in [0.25, 0.3) is 10.8 Å². The summed E-state index contributed by atoms with van der Waals surface area (Å²) in [4.78, 5) is 93.8. The number of hydrogen-bond donors (Lipinski definition) is 2. The van der Waals surface area contributed by atoms with Crippen LogP contribution in [0.15, 0.2) is 84.0 Å². The van der Waals surface area contributed by atoms with Crippen LogP contribution in [0.3, 0.4) is 0 Å². The third kappa shape index (κ3) is 15.1. The van der Waals surface area contributed by atoms with E-state index in [1.807, 2.05) is 65.1 Å². The number of aromatic nitrogens is 4. The van der Waals surface area contributed by atoms with Crippen LogP contribution in [-0.2, 0) is 38.7 Å². The van der Waals surface area contributed by atoms with Gasteiger partial charge in [-0.3, -0.25) is 43.5 Å². The summed E-state index contributed by atoms with van der Waals surface area (Å²) < 4.78 is 13.3. The Morgan fingerprint density at radius 3 is 2.16 bits per heavy atom. The molecule has 2 aromatic heterocycles. The SMILES string of the molecule is CC.Cc1cc(Cc2n[nH]c(=O)c3ccccc23)ccc1F.O=CN1CCN(C(=O)CN2CCC(CN3CCN(C(=O)c4cccc(C5CCCN(C(=O)CN6Cc7cncnc7C6)C5)c4)CC3)CC2)CC1.O=CO. The molecule has 2 N–H and O–H groups in total. The number of carbonyl (C=O) groups excluding carboxylic acids is 4. The number of hydrogen-bond acceptors (Lipinski definition) is 12. The predicted molar refractivity (Wildman–Crippen MR) is 283 cm³/mol. The number of aromatic amines is 1. The standard InChI is InChI=1S/C37H51N9O4.C16H13FN2O.C2H6.CH2O2/c47-28-42-13-15-44(16-14-42)35(48)25-40-9-6-29(7-10-40)21-41-11-17-45(18-12-41)37(50)31-4-1-3-30(19-31)32-5-2-8-46(23-32)36(49)26-43-22-33-20-38-27-39-34(33)24-43;1-10-8-11(6-7-14(10)17)9-15-12-4-2-3-5-13(12)16(20)19-18-15;1-2;2-1-3/h1,3-4,19-20,27-29,32H,2,5-18,21-26H2;2-8H,9H2,1H3,(H,19,20);1-2H3;1H,(H,2,3). The number of carboxylic acid groups (broad SMARTS) is 1. The van der Waals surface area contributed by atoms with Crippen LogP contribution in [0.4, 0.5) is 4.39 Å². The Hall–Kier alpha value is -6.96. The van der Waals surface area contributed by atoms with Crippen molar-refractivity contribution in [3.8, 4) is 0 Å². The molecule has 5 aromatic rings. The zero-order chi connectivity index (χ0) is 53.3. The third-order valence-corrected chi connectivity index (χ3v) is 14.8. The first-order valence-electron chi connectivity index (χ1n) is 26.4. The number of benzene rings is 3. The van der Waals surface area contributed by atoms with Crippen molar-refractivity contribution in [3.63, 3.8) is 0 Å². The van der Waals surface area contributed by atoms with Gasteiger partial charge in [0.15, 0.2) is 0 Å². The molecule has 19 heteroatoms. The largest absolute Gasteiger partial charge is 0.483 e. The number of carbonyl (C=O) groups is 5. The van der Waals surface area contributed by atoms with Crippen molar-refractivity contribution >= 4 is 41.4 Å². The molecule has 400 valence electrons. The molecule has 1 unspecified atom stereocenters. The first-order valence-corrected chi connectivity index (χ1v) is 26.4. The smallest absolute Gasteiger partial charge is 0.290 e. The molecule has 0 saturated carbocycles. The van der Waals surface area contributed by atoms with Crippen molar-refractivity contribution in [1.82, 2.24) is 54.5 Å². The Morgan fingerprint density at radius 2 is 1.45 bits per heavy atom. The van der Waals surface area contributed by atoms with Crippen LogP contribution in [0.1, 0.15) is 89.4 Å². The van der Waals surface area contributed by atoms with E-state index < -0.39 is 0 Å². The fourth-order valence-corrected chi connectivity index (χ4v) is 10.7. The van der Waals surface area contributed by atoms with Crippen molar-refractivity contribution in [2.24, 2.45) is 5.92 Å². The molecule has 3 aromatic carbocycles. The van der Waals surface area contributed by atoms with Crippen LogP contribution in [0.5, 0.6) is 0 Å². The minimum atomic E-state index is -0.250. The molecule has 0 spiro atoms. The molecule has 7 heterocycles. The highest BCUT2D eigenvalue weighted by molar-refractivity contribution is 5.94. The summed E-state index contributed by atoms with van der Waals surface area (Å²) in [6.07, 6.45) is 8.99. The van der Waals surface area contributed by atoms with E-state index in [-0.39, 0.29) is 41.5 Å². The van der Waals surface area contributed by atoms with E-state index in [1.54, 1.807) is 36.4 Å². The van der Waals surface area contributed by atoms with Gasteiger partial charge in [0.2, 0.25) is 18.2 Å². The summed E-state index contributed by atoms with van der Waals surface area (Å²) in [6.45, 7) is 17.8. The van der Waals surface area contributed by atoms with Gasteiger partial charge in [0.1, 0.15) is 12.1 Å². The topological polar surface area (TPSA) is 200 Å². The molecule has 10 rings (SSSR count). The lowest BCUT2D eigenvalue weighted by molar-refractivity contribution is -0.136. The predicted octanol–water partition coefficient (Wildman–Crippen LogP) is 4.66. The Kier molecular flexibility index (Phi) is 20.5. The Labute approximate surface area is 438 Å². The Balaban J connectivity index is 0.000000271. The third-order valence-electron chi connectivity index (χ3n) is 14.8.